The van der Waals surface area contributed by atoms with Gasteiger partial charge in [0.15, 0.2) is 0 Å². The monoisotopic (exact) mass is 569 g/mol. The minimum absolute atomic E-state index is 0.000144. The fourth-order valence-corrected chi connectivity index (χ4v) is 6.27. The van der Waals surface area contributed by atoms with Crippen molar-refractivity contribution in [3.05, 3.63) is 96.1 Å². The number of nitrogens with zero attached hydrogens (tertiary/aromatic N) is 2. The molecular weight excluding hydrogens is 536 g/mol. The number of hydrogen-bond donors (Lipinski definition) is 1. The van der Waals surface area contributed by atoms with Crippen LogP contribution in [0, 0.1) is 11.6 Å². The maximum Gasteiger partial charge on any atom is 0.264 e. The Morgan fingerprint density at radius 1 is 0.900 bits per heavy atom. The quantitative estimate of drug-likeness (QED) is 0.371. The summed E-state index contributed by atoms with van der Waals surface area (Å²) in [6.45, 7) is 0.744. The highest BCUT2D eigenvalue weighted by Crippen LogP contribution is 2.27. The van der Waals surface area contributed by atoms with Crippen molar-refractivity contribution in [2.45, 2.75) is 62.6 Å². The van der Waals surface area contributed by atoms with E-state index in [4.69, 9.17) is 0 Å². The highest BCUT2D eigenvalue weighted by Gasteiger charge is 2.34. The molecule has 40 heavy (non-hydrogen) atoms. The lowest BCUT2D eigenvalue weighted by molar-refractivity contribution is -0.139. The largest absolute Gasteiger partial charge is 0.352 e. The Balaban J connectivity index is 1.67. The predicted octanol–water partition coefficient (Wildman–Crippen LogP) is 5.03. The van der Waals surface area contributed by atoms with Crippen LogP contribution in [0.15, 0.2) is 83.8 Å². The third kappa shape index (κ3) is 7.04. The van der Waals surface area contributed by atoms with E-state index in [9.17, 15) is 26.8 Å². The van der Waals surface area contributed by atoms with E-state index in [-0.39, 0.29) is 29.1 Å². The van der Waals surface area contributed by atoms with Crippen molar-refractivity contribution in [1.82, 2.24) is 10.2 Å². The molecule has 1 N–H and O–H groups in total. The third-order valence-electron chi connectivity index (χ3n) is 7.12. The Bertz CT molecular complexity index is 1410. The molecule has 1 fully saturated rings. The molecule has 0 aromatic heterocycles. The van der Waals surface area contributed by atoms with Crippen LogP contribution in [0.1, 0.15) is 44.6 Å². The van der Waals surface area contributed by atoms with Gasteiger partial charge in [-0.15, -0.1) is 0 Å². The normalized spacial score (nSPS) is 14.8. The summed E-state index contributed by atoms with van der Waals surface area (Å²) in [5.41, 5.74) is 0.260. The standard InChI is InChI=1S/C30H33F2N3O4S/c1-22(30(37)33-25-10-4-2-5-11-25)34(20-23-16-18-24(31)19-17-23)29(36)21-35(28-15-9-8-14-27(28)32)40(38,39)26-12-6-3-7-13-26/h3,6-9,12-19,22,25H,2,4-5,10-11,20-21H2,1H3,(H,33,37)/t22-/m0/s1. The first-order chi connectivity index (χ1) is 19.2. The molecule has 1 atom stereocenters. The van der Waals surface area contributed by atoms with E-state index in [1.807, 2.05) is 0 Å². The van der Waals surface area contributed by atoms with Gasteiger partial charge in [0.2, 0.25) is 11.8 Å². The number of carbonyl (C=O) groups excluding carboxylic acids is 2. The van der Waals surface area contributed by atoms with Crippen molar-refractivity contribution in [1.29, 1.82) is 0 Å². The van der Waals surface area contributed by atoms with Crippen LogP contribution in [0.3, 0.4) is 0 Å². The van der Waals surface area contributed by atoms with Crippen LogP contribution in [-0.2, 0) is 26.2 Å². The van der Waals surface area contributed by atoms with Crippen molar-refractivity contribution in [3.8, 4) is 0 Å². The molecule has 0 bridgehead atoms. The second-order valence-electron chi connectivity index (χ2n) is 9.94. The van der Waals surface area contributed by atoms with Gasteiger partial charge in [0, 0.05) is 12.6 Å². The molecule has 0 aliphatic heterocycles. The number of hydrogen-bond acceptors (Lipinski definition) is 4. The lowest BCUT2D eigenvalue weighted by atomic mass is 9.95. The molecule has 7 nitrogen and oxygen atoms in total. The molecule has 10 heteroatoms. The molecule has 212 valence electrons. The first kappa shape index (κ1) is 29.2. The fraction of sp³-hybridized carbons (Fsp3) is 0.333. The molecule has 3 aromatic carbocycles. The Kier molecular flexibility index (Phi) is 9.52. The van der Waals surface area contributed by atoms with Gasteiger partial charge >= 0.3 is 0 Å². The van der Waals surface area contributed by atoms with Gasteiger partial charge in [0.1, 0.15) is 24.2 Å². The van der Waals surface area contributed by atoms with Crippen LogP contribution in [0.5, 0.6) is 0 Å². The number of anilines is 1. The number of carbonyl (C=O) groups is 2. The summed E-state index contributed by atoms with van der Waals surface area (Å²) in [6.07, 6.45) is 4.82. The molecule has 2 amide bonds. The van der Waals surface area contributed by atoms with Gasteiger partial charge in [-0.25, -0.2) is 17.2 Å². The average Bonchev–Trinajstić information content (AvgIpc) is 2.96. The van der Waals surface area contributed by atoms with E-state index < -0.39 is 40.2 Å². The minimum Gasteiger partial charge on any atom is -0.352 e. The van der Waals surface area contributed by atoms with Gasteiger partial charge < -0.3 is 10.2 Å². The molecule has 1 aliphatic carbocycles. The number of rotatable bonds is 10. The summed E-state index contributed by atoms with van der Waals surface area (Å²) < 4.78 is 56.6. The molecule has 1 aliphatic rings. The molecule has 3 aromatic rings. The Hall–Kier alpha value is -3.79. The first-order valence-electron chi connectivity index (χ1n) is 13.3. The summed E-state index contributed by atoms with van der Waals surface area (Å²) in [5.74, 6) is -2.35. The molecule has 0 heterocycles. The van der Waals surface area contributed by atoms with Crippen molar-refractivity contribution < 1.29 is 26.8 Å². The maximum atomic E-state index is 14.9. The Morgan fingerprint density at radius 2 is 1.52 bits per heavy atom. The van der Waals surface area contributed by atoms with E-state index in [2.05, 4.69) is 5.32 Å². The highest BCUT2D eigenvalue weighted by molar-refractivity contribution is 7.92. The zero-order chi connectivity index (χ0) is 28.7. The van der Waals surface area contributed by atoms with Gasteiger partial charge in [0.05, 0.1) is 10.6 Å². The van der Waals surface area contributed by atoms with Crippen LogP contribution in [0.25, 0.3) is 0 Å². The van der Waals surface area contributed by atoms with Crippen molar-refractivity contribution in [3.63, 3.8) is 0 Å². The molecule has 0 unspecified atom stereocenters. The van der Waals surface area contributed by atoms with Crippen LogP contribution in [0.4, 0.5) is 14.5 Å². The SMILES string of the molecule is C[C@@H](C(=O)NC1CCCCC1)N(Cc1ccc(F)cc1)C(=O)CN(c1ccccc1F)S(=O)(=O)c1ccccc1. The Labute approximate surface area is 233 Å². The predicted molar refractivity (Wildman–Crippen MR) is 149 cm³/mol. The molecule has 0 spiro atoms. The average molecular weight is 570 g/mol. The topological polar surface area (TPSA) is 86.8 Å². The first-order valence-corrected chi connectivity index (χ1v) is 14.8. The maximum absolute atomic E-state index is 14.9. The van der Waals surface area contributed by atoms with Crippen molar-refractivity contribution in [2.24, 2.45) is 0 Å². The van der Waals surface area contributed by atoms with Crippen molar-refractivity contribution in [2.75, 3.05) is 10.8 Å². The summed E-state index contributed by atoms with van der Waals surface area (Å²) in [6, 6.07) is 17.3. The van der Waals surface area contributed by atoms with Crippen molar-refractivity contribution >= 4 is 27.5 Å². The molecule has 0 saturated heterocycles. The zero-order valence-corrected chi connectivity index (χ0v) is 23.1. The summed E-state index contributed by atoms with van der Waals surface area (Å²) >= 11 is 0. The lowest BCUT2D eigenvalue weighted by Crippen LogP contribution is -2.53. The zero-order valence-electron chi connectivity index (χ0n) is 22.3. The molecule has 4 rings (SSSR count). The second kappa shape index (κ2) is 13.0. The van der Waals surface area contributed by atoms with Gasteiger partial charge in [-0.05, 0) is 61.7 Å². The summed E-state index contributed by atoms with van der Waals surface area (Å²) in [5, 5.41) is 3.01. The van der Waals surface area contributed by atoms with Crippen LogP contribution in [-0.4, -0.2) is 43.8 Å². The molecule has 1 saturated carbocycles. The van der Waals surface area contributed by atoms with Crippen LogP contribution < -0.4 is 9.62 Å². The number of amides is 2. The van der Waals surface area contributed by atoms with E-state index in [0.717, 1.165) is 42.5 Å². The smallest absolute Gasteiger partial charge is 0.264 e. The second-order valence-corrected chi connectivity index (χ2v) is 11.8. The number of halogens is 2. The summed E-state index contributed by atoms with van der Waals surface area (Å²) in [4.78, 5) is 28.3. The fourth-order valence-electron chi connectivity index (χ4n) is 4.82. The van der Waals surface area contributed by atoms with E-state index in [1.54, 1.807) is 13.0 Å². The number of para-hydroxylation sites is 1. The molecule has 0 radical (unpaired) electrons. The van der Waals surface area contributed by atoms with Gasteiger partial charge in [0.25, 0.3) is 10.0 Å². The van der Waals surface area contributed by atoms with E-state index >= 15 is 0 Å². The number of sulfonamides is 1. The minimum atomic E-state index is -4.36. The van der Waals surface area contributed by atoms with E-state index in [0.29, 0.717) is 5.56 Å². The van der Waals surface area contributed by atoms with Gasteiger partial charge in [-0.3, -0.25) is 13.9 Å². The summed E-state index contributed by atoms with van der Waals surface area (Å²) in [7, 11) is -4.36. The van der Waals surface area contributed by atoms with Gasteiger partial charge in [-0.1, -0.05) is 61.7 Å². The number of benzene rings is 3. The molecular formula is C30H33F2N3O4S. The highest BCUT2D eigenvalue weighted by atomic mass is 32.2. The Morgan fingerprint density at radius 3 is 2.17 bits per heavy atom. The number of nitrogens with one attached hydrogen (secondary N) is 1. The van der Waals surface area contributed by atoms with Crippen LogP contribution in [0.2, 0.25) is 0 Å². The third-order valence-corrected chi connectivity index (χ3v) is 8.89. The van der Waals surface area contributed by atoms with Gasteiger partial charge in [-0.2, -0.15) is 0 Å². The van der Waals surface area contributed by atoms with E-state index in [1.165, 1.54) is 71.6 Å². The van der Waals surface area contributed by atoms with Crippen LogP contribution >= 0.6 is 0 Å². The lowest BCUT2D eigenvalue weighted by Gasteiger charge is -2.33.